The van der Waals surface area contributed by atoms with Gasteiger partial charge >= 0.3 is 11.9 Å². The van der Waals surface area contributed by atoms with E-state index >= 15 is 0 Å². The molecule has 0 aliphatic heterocycles. The fourth-order valence-electron chi connectivity index (χ4n) is 2.46. The molecule has 0 saturated carbocycles. The van der Waals surface area contributed by atoms with E-state index in [1.807, 2.05) is 19.1 Å². The minimum absolute atomic E-state index is 0.0528. The third kappa shape index (κ3) is 4.69. The van der Waals surface area contributed by atoms with Crippen LogP contribution >= 0.6 is 0 Å². The number of rotatable bonds is 4. The molecule has 0 bridgehead atoms. The van der Waals surface area contributed by atoms with E-state index in [-0.39, 0.29) is 16.5 Å². The highest BCUT2D eigenvalue weighted by molar-refractivity contribution is 5.97. The summed E-state index contributed by atoms with van der Waals surface area (Å²) < 4.78 is 9.96. The number of hydrogen-bond acceptors (Lipinski definition) is 6. The lowest BCUT2D eigenvalue weighted by atomic mass is 9.86. The van der Waals surface area contributed by atoms with Crippen LogP contribution in [0.4, 0.5) is 5.69 Å². The summed E-state index contributed by atoms with van der Waals surface area (Å²) in [7, 11) is 1.15. The second-order valence-electron chi connectivity index (χ2n) is 7.14. The van der Waals surface area contributed by atoms with E-state index in [1.54, 1.807) is 6.07 Å². The lowest BCUT2D eigenvalue weighted by molar-refractivity contribution is -0.384. The molecular weight excluding hydrogens is 350 g/mol. The maximum atomic E-state index is 12.5. The van der Waals surface area contributed by atoms with Crippen molar-refractivity contribution >= 4 is 17.6 Å². The molecule has 0 N–H and O–H groups in total. The first kappa shape index (κ1) is 20.1. The number of esters is 2. The zero-order valence-corrected chi connectivity index (χ0v) is 15.9. The van der Waals surface area contributed by atoms with Gasteiger partial charge in [-0.2, -0.15) is 0 Å². The van der Waals surface area contributed by atoms with Crippen LogP contribution in [0.25, 0.3) is 0 Å². The quantitative estimate of drug-likeness (QED) is 0.346. The van der Waals surface area contributed by atoms with E-state index in [1.165, 1.54) is 6.07 Å². The van der Waals surface area contributed by atoms with Crippen molar-refractivity contribution in [2.45, 2.75) is 33.1 Å². The zero-order chi connectivity index (χ0) is 20.4. The van der Waals surface area contributed by atoms with E-state index in [0.29, 0.717) is 5.75 Å². The Labute approximate surface area is 157 Å². The molecule has 2 aromatic rings. The Morgan fingerprint density at radius 3 is 2.07 bits per heavy atom. The summed E-state index contributed by atoms with van der Waals surface area (Å²) >= 11 is 0. The summed E-state index contributed by atoms with van der Waals surface area (Å²) in [5.41, 5.74) is 1.19. The van der Waals surface area contributed by atoms with Gasteiger partial charge in [-0.05, 0) is 35.6 Å². The van der Waals surface area contributed by atoms with Crippen LogP contribution in [0.5, 0.6) is 5.75 Å². The fourth-order valence-corrected chi connectivity index (χ4v) is 2.46. The van der Waals surface area contributed by atoms with E-state index in [2.05, 4.69) is 25.5 Å². The SMILES string of the molecule is COC(=O)c1cc(C(=O)Oc2ccc(C(C)(C)C)cc2C)cc([N+](=O)[O-])c1. The summed E-state index contributed by atoms with van der Waals surface area (Å²) in [5, 5.41) is 11.1. The van der Waals surface area contributed by atoms with E-state index in [0.717, 1.165) is 30.4 Å². The summed E-state index contributed by atoms with van der Waals surface area (Å²) in [6, 6.07) is 8.80. The Hall–Kier alpha value is -3.22. The Bertz CT molecular complexity index is 911. The molecular formula is C20H21NO6. The van der Waals surface area contributed by atoms with Crippen molar-refractivity contribution in [2.24, 2.45) is 0 Å². The van der Waals surface area contributed by atoms with E-state index in [9.17, 15) is 19.7 Å². The number of methoxy groups -OCH3 is 1. The Morgan fingerprint density at radius 2 is 1.59 bits per heavy atom. The fraction of sp³-hybridized carbons (Fsp3) is 0.300. The Balaban J connectivity index is 2.37. The molecule has 0 unspecified atom stereocenters. The van der Waals surface area contributed by atoms with E-state index in [4.69, 9.17) is 4.74 Å². The van der Waals surface area contributed by atoms with Gasteiger partial charge in [0.15, 0.2) is 0 Å². The van der Waals surface area contributed by atoms with Crippen LogP contribution in [0.15, 0.2) is 36.4 Å². The number of carbonyl (C=O) groups excluding carboxylic acids is 2. The van der Waals surface area contributed by atoms with Gasteiger partial charge in [0.2, 0.25) is 0 Å². The molecule has 0 spiro atoms. The molecule has 2 rings (SSSR count). The monoisotopic (exact) mass is 371 g/mol. The average Bonchev–Trinajstić information content (AvgIpc) is 2.61. The normalized spacial score (nSPS) is 11.0. The topological polar surface area (TPSA) is 95.7 Å². The number of ether oxygens (including phenoxy) is 2. The van der Waals surface area contributed by atoms with Crippen LogP contribution in [-0.4, -0.2) is 24.0 Å². The van der Waals surface area contributed by atoms with Crippen molar-refractivity contribution in [3.63, 3.8) is 0 Å². The lowest BCUT2D eigenvalue weighted by Gasteiger charge is -2.20. The molecule has 0 atom stereocenters. The average molecular weight is 371 g/mol. The third-order valence-electron chi connectivity index (χ3n) is 4.03. The molecule has 27 heavy (non-hydrogen) atoms. The molecule has 0 amide bonds. The Morgan fingerprint density at radius 1 is 1.00 bits per heavy atom. The van der Waals surface area contributed by atoms with Gasteiger partial charge in [0, 0.05) is 12.1 Å². The van der Waals surface area contributed by atoms with Crippen LogP contribution < -0.4 is 4.74 Å². The molecule has 0 aliphatic rings. The highest BCUT2D eigenvalue weighted by Gasteiger charge is 2.21. The molecule has 7 nitrogen and oxygen atoms in total. The van der Waals surface area contributed by atoms with Crippen LogP contribution in [-0.2, 0) is 10.2 Å². The minimum atomic E-state index is -0.796. The lowest BCUT2D eigenvalue weighted by Crippen LogP contribution is -2.14. The summed E-state index contributed by atoms with van der Waals surface area (Å²) in [4.78, 5) is 34.6. The summed E-state index contributed by atoms with van der Waals surface area (Å²) in [5.74, 6) is -1.23. The number of nitrogens with zero attached hydrogens (tertiary/aromatic N) is 1. The van der Waals surface area contributed by atoms with Gasteiger partial charge in [-0.15, -0.1) is 0 Å². The van der Waals surface area contributed by atoms with Gasteiger partial charge in [-0.25, -0.2) is 9.59 Å². The number of nitro benzene ring substituents is 1. The predicted octanol–water partition coefficient (Wildman–Crippen LogP) is 4.21. The maximum Gasteiger partial charge on any atom is 0.343 e. The number of benzene rings is 2. The van der Waals surface area contributed by atoms with Crippen LogP contribution in [0, 0.1) is 17.0 Å². The number of hydrogen-bond donors (Lipinski definition) is 0. The third-order valence-corrected chi connectivity index (χ3v) is 4.03. The van der Waals surface area contributed by atoms with Gasteiger partial charge in [0.05, 0.1) is 23.2 Å². The molecule has 0 aliphatic carbocycles. The van der Waals surface area contributed by atoms with Gasteiger partial charge < -0.3 is 9.47 Å². The molecule has 0 fully saturated rings. The molecule has 142 valence electrons. The zero-order valence-electron chi connectivity index (χ0n) is 15.9. The second-order valence-corrected chi connectivity index (χ2v) is 7.14. The van der Waals surface area contributed by atoms with Gasteiger partial charge in [0.25, 0.3) is 5.69 Å². The highest BCUT2D eigenvalue weighted by Crippen LogP contribution is 2.28. The summed E-state index contributed by atoms with van der Waals surface area (Å²) in [6.07, 6.45) is 0. The predicted molar refractivity (Wildman–Crippen MR) is 99.3 cm³/mol. The molecule has 0 aromatic heterocycles. The number of aryl methyl sites for hydroxylation is 1. The van der Waals surface area contributed by atoms with Crippen molar-refractivity contribution in [3.8, 4) is 5.75 Å². The first-order chi connectivity index (χ1) is 12.5. The standard InChI is InChI=1S/C20H21NO6/c1-12-8-15(20(2,3)4)6-7-17(12)27-19(23)14-9-13(18(22)26-5)10-16(11-14)21(24)25/h6-11H,1-5H3. The largest absolute Gasteiger partial charge is 0.465 e. The summed E-state index contributed by atoms with van der Waals surface area (Å²) in [6.45, 7) is 8.03. The molecule has 7 heteroatoms. The van der Waals surface area contributed by atoms with Gasteiger partial charge in [-0.1, -0.05) is 32.9 Å². The number of non-ortho nitro benzene ring substituents is 1. The first-order valence-corrected chi connectivity index (χ1v) is 8.24. The minimum Gasteiger partial charge on any atom is -0.465 e. The van der Waals surface area contributed by atoms with Gasteiger partial charge in [-0.3, -0.25) is 10.1 Å². The van der Waals surface area contributed by atoms with Crippen LogP contribution in [0.3, 0.4) is 0 Å². The molecule has 0 saturated heterocycles. The Kier molecular flexibility index (Phi) is 5.64. The van der Waals surface area contributed by atoms with Crippen molar-refractivity contribution in [1.82, 2.24) is 0 Å². The van der Waals surface area contributed by atoms with Crippen molar-refractivity contribution < 1.29 is 24.0 Å². The molecule has 0 radical (unpaired) electrons. The van der Waals surface area contributed by atoms with Crippen molar-refractivity contribution in [2.75, 3.05) is 7.11 Å². The number of nitro groups is 1. The highest BCUT2D eigenvalue weighted by atomic mass is 16.6. The second kappa shape index (κ2) is 7.57. The van der Waals surface area contributed by atoms with E-state index < -0.39 is 22.5 Å². The molecule has 2 aromatic carbocycles. The maximum absolute atomic E-state index is 12.5. The van der Waals surface area contributed by atoms with Crippen molar-refractivity contribution in [1.29, 1.82) is 0 Å². The van der Waals surface area contributed by atoms with Gasteiger partial charge in [0.1, 0.15) is 5.75 Å². The number of carbonyl (C=O) groups is 2. The smallest absolute Gasteiger partial charge is 0.343 e. The first-order valence-electron chi connectivity index (χ1n) is 8.24. The van der Waals surface area contributed by atoms with Crippen LogP contribution in [0.2, 0.25) is 0 Å². The van der Waals surface area contributed by atoms with Crippen LogP contribution in [0.1, 0.15) is 52.6 Å². The molecule has 0 heterocycles. The van der Waals surface area contributed by atoms with Crippen molar-refractivity contribution in [3.05, 3.63) is 68.8 Å².